The molecule has 1 fully saturated rings. The van der Waals surface area contributed by atoms with Gasteiger partial charge in [0.15, 0.2) is 0 Å². The van der Waals surface area contributed by atoms with E-state index in [1.807, 2.05) is 6.92 Å². The van der Waals surface area contributed by atoms with Crippen LogP contribution in [-0.2, 0) is 9.53 Å². The average Bonchev–Trinajstić information content (AvgIpc) is 2.44. The number of carboxylic acids is 1. The highest BCUT2D eigenvalue weighted by atomic mass is 16.6. The second-order valence-corrected chi connectivity index (χ2v) is 5.33. The van der Waals surface area contributed by atoms with Gasteiger partial charge in [0.2, 0.25) is 0 Å². The van der Waals surface area contributed by atoms with Gasteiger partial charge in [-0.1, -0.05) is 6.92 Å². The van der Waals surface area contributed by atoms with Crippen LogP contribution in [0.4, 0.5) is 4.79 Å². The standard InChI is InChI=1S/C11H19NO4/c1-7-5-8(9(13)14)12(6-7)10(15)16-11(2,3)4/h7-8H,5-6H2,1-4H3,(H,13,14)/t7-,8+/m1/s1. The maximum absolute atomic E-state index is 11.8. The summed E-state index contributed by atoms with van der Waals surface area (Å²) in [5.74, 6) is -0.760. The van der Waals surface area contributed by atoms with Crippen LogP contribution in [0.2, 0.25) is 0 Å². The Bertz CT molecular complexity index is 295. The summed E-state index contributed by atoms with van der Waals surface area (Å²) in [5, 5.41) is 9.00. The van der Waals surface area contributed by atoms with Gasteiger partial charge >= 0.3 is 12.1 Å². The third-order valence-electron chi connectivity index (χ3n) is 2.42. The van der Waals surface area contributed by atoms with E-state index < -0.39 is 23.7 Å². The molecule has 1 aliphatic rings. The molecule has 0 unspecified atom stereocenters. The highest BCUT2D eigenvalue weighted by Gasteiger charge is 2.39. The van der Waals surface area contributed by atoms with Crippen LogP contribution in [0, 0.1) is 5.92 Å². The van der Waals surface area contributed by atoms with Crippen LogP contribution < -0.4 is 0 Å². The first kappa shape index (κ1) is 12.8. The number of hydrogen-bond acceptors (Lipinski definition) is 3. The number of ether oxygens (including phenoxy) is 1. The molecule has 16 heavy (non-hydrogen) atoms. The van der Waals surface area contributed by atoms with Gasteiger partial charge < -0.3 is 9.84 Å². The van der Waals surface area contributed by atoms with Crippen molar-refractivity contribution in [3.8, 4) is 0 Å². The van der Waals surface area contributed by atoms with E-state index in [1.54, 1.807) is 20.8 Å². The second-order valence-electron chi connectivity index (χ2n) is 5.33. The molecule has 1 amide bonds. The molecule has 92 valence electrons. The summed E-state index contributed by atoms with van der Waals surface area (Å²) in [6.45, 7) is 7.67. The van der Waals surface area contributed by atoms with Gasteiger partial charge in [0.1, 0.15) is 11.6 Å². The largest absolute Gasteiger partial charge is 0.480 e. The van der Waals surface area contributed by atoms with Crippen molar-refractivity contribution in [3.05, 3.63) is 0 Å². The first-order valence-corrected chi connectivity index (χ1v) is 5.43. The number of aliphatic carboxylic acids is 1. The van der Waals surface area contributed by atoms with E-state index in [4.69, 9.17) is 9.84 Å². The highest BCUT2D eigenvalue weighted by Crippen LogP contribution is 2.25. The summed E-state index contributed by atoms with van der Waals surface area (Å²) in [5.41, 5.74) is -0.591. The molecular weight excluding hydrogens is 210 g/mol. The zero-order valence-corrected chi connectivity index (χ0v) is 10.2. The lowest BCUT2D eigenvalue weighted by Crippen LogP contribution is -2.43. The molecule has 0 aliphatic carbocycles. The summed E-state index contributed by atoms with van der Waals surface area (Å²) in [4.78, 5) is 24.0. The molecule has 1 saturated heterocycles. The minimum absolute atomic E-state index is 0.202. The van der Waals surface area contributed by atoms with Gasteiger partial charge in [-0.05, 0) is 33.1 Å². The van der Waals surface area contributed by atoms with Crippen molar-refractivity contribution in [2.45, 2.75) is 45.8 Å². The zero-order chi connectivity index (χ0) is 12.5. The van der Waals surface area contributed by atoms with Crippen LogP contribution in [0.15, 0.2) is 0 Å². The molecule has 5 heteroatoms. The van der Waals surface area contributed by atoms with E-state index >= 15 is 0 Å². The fraction of sp³-hybridized carbons (Fsp3) is 0.818. The topological polar surface area (TPSA) is 66.8 Å². The van der Waals surface area contributed by atoms with Crippen molar-refractivity contribution in [2.75, 3.05) is 6.54 Å². The van der Waals surface area contributed by atoms with E-state index in [1.165, 1.54) is 4.90 Å². The van der Waals surface area contributed by atoms with Crippen LogP contribution >= 0.6 is 0 Å². The van der Waals surface area contributed by atoms with Gasteiger partial charge in [0.25, 0.3) is 0 Å². The number of likely N-dealkylation sites (tertiary alicyclic amines) is 1. The predicted octanol–water partition coefficient (Wildman–Crippen LogP) is 1.72. The van der Waals surface area contributed by atoms with Gasteiger partial charge in [0.05, 0.1) is 0 Å². The smallest absolute Gasteiger partial charge is 0.411 e. The predicted molar refractivity (Wildman–Crippen MR) is 58.1 cm³/mol. The number of hydrogen-bond donors (Lipinski definition) is 1. The van der Waals surface area contributed by atoms with Crippen molar-refractivity contribution in [3.63, 3.8) is 0 Å². The normalized spacial score (nSPS) is 25.6. The molecule has 1 rings (SSSR count). The molecule has 0 bridgehead atoms. The Balaban J connectivity index is 2.71. The quantitative estimate of drug-likeness (QED) is 0.743. The highest BCUT2D eigenvalue weighted by molar-refractivity contribution is 5.80. The maximum Gasteiger partial charge on any atom is 0.411 e. The minimum atomic E-state index is -0.963. The van der Waals surface area contributed by atoms with Crippen LogP contribution in [0.25, 0.3) is 0 Å². The summed E-state index contributed by atoms with van der Waals surface area (Å²) < 4.78 is 5.17. The van der Waals surface area contributed by atoms with Crippen LogP contribution in [-0.4, -0.2) is 40.3 Å². The fourth-order valence-electron chi connectivity index (χ4n) is 1.80. The first-order chi connectivity index (χ1) is 7.20. The second kappa shape index (κ2) is 4.31. The number of nitrogens with zero attached hydrogens (tertiary/aromatic N) is 1. The molecule has 0 spiro atoms. The van der Waals surface area contributed by atoms with Crippen molar-refractivity contribution >= 4 is 12.1 Å². The SMILES string of the molecule is C[C@@H]1C[C@@H](C(=O)O)N(C(=O)OC(C)(C)C)C1. The monoisotopic (exact) mass is 229 g/mol. The van der Waals surface area contributed by atoms with Crippen molar-refractivity contribution in [1.29, 1.82) is 0 Å². The molecule has 1 aliphatic heterocycles. The fourth-order valence-corrected chi connectivity index (χ4v) is 1.80. The van der Waals surface area contributed by atoms with E-state index in [9.17, 15) is 9.59 Å². The third kappa shape index (κ3) is 3.12. The van der Waals surface area contributed by atoms with Crippen LogP contribution in [0.1, 0.15) is 34.1 Å². The molecular formula is C11H19NO4. The Morgan fingerprint density at radius 1 is 1.38 bits per heavy atom. The first-order valence-electron chi connectivity index (χ1n) is 5.43. The lowest BCUT2D eigenvalue weighted by molar-refractivity contribution is -0.142. The lowest BCUT2D eigenvalue weighted by Gasteiger charge is -2.26. The Kier molecular flexibility index (Phi) is 3.45. The van der Waals surface area contributed by atoms with Gasteiger partial charge in [-0.25, -0.2) is 9.59 Å². The van der Waals surface area contributed by atoms with Gasteiger partial charge in [-0.3, -0.25) is 4.90 Å². The molecule has 1 N–H and O–H groups in total. The Labute approximate surface area is 95.4 Å². The number of amides is 1. The molecule has 0 saturated carbocycles. The molecule has 1 heterocycles. The number of carboxylic acid groups (broad SMARTS) is 1. The van der Waals surface area contributed by atoms with Crippen molar-refractivity contribution in [2.24, 2.45) is 5.92 Å². The average molecular weight is 229 g/mol. The van der Waals surface area contributed by atoms with E-state index in [0.29, 0.717) is 13.0 Å². The van der Waals surface area contributed by atoms with Crippen molar-refractivity contribution < 1.29 is 19.4 Å². The van der Waals surface area contributed by atoms with Gasteiger partial charge in [-0.2, -0.15) is 0 Å². The van der Waals surface area contributed by atoms with E-state index in [2.05, 4.69) is 0 Å². The summed E-state index contributed by atoms with van der Waals surface area (Å²) in [7, 11) is 0. The molecule has 0 aromatic carbocycles. The summed E-state index contributed by atoms with van der Waals surface area (Å²) in [6, 6.07) is -0.746. The Hall–Kier alpha value is -1.26. The molecule has 0 aromatic rings. The summed E-state index contributed by atoms with van der Waals surface area (Å²) >= 11 is 0. The minimum Gasteiger partial charge on any atom is -0.480 e. The van der Waals surface area contributed by atoms with E-state index in [0.717, 1.165) is 0 Å². The molecule has 0 aromatic heterocycles. The number of rotatable bonds is 1. The third-order valence-corrected chi connectivity index (χ3v) is 2.42. The van der Waals surface area contributed by atoms with Crippen LogP contribution in [0.3, 0.4) is 0 Å². The van der Waals surface area contributed by atoms with Crippen LogP contribution in [0.5, 0.6) is 0 Å². The molecule has 0 radical (unpaired) electrons. The Morgan fingerprint density at radius 2 is 1.94 bits per heavy atom. The van der Waals surface area contributed by atoms with Gasteiger partial charge in [-0.15, -0.1) is 0 Å². The van der Waals surface area contributed by atoms with E-state index in [-0.39, 0.29) is 5.92 Å². The maximum atomic E-state index is 11.8. The number of carbonyl (C=O) groups is 2. The molecule has 5 nitrogen and oxygen atoms in total. The summed E-state index contributed by atoms with van der Waals surface area (Å²) in [6.07, 6.45) is -0.0431. The lowest BCUT2D eigenvalue weighted by atomic mass is 10.1. The molecule has 2 atom stereocenters. The Morgan fingerprint density at radius 3 is 2.38 bits per heavy atom. The van der Waals surface area contributed by atoms with Crippen molar-refractivity contribution in [1.82, 2.24) is 4.90 Å². The van der Waals surface area contributed by atoms with Gasteiger partial charge in [0, 0.05) is 6.54 Å². The zero-order valence-electron chi connectivity index (χ0n) is 10.2. The number of carbonyl (C=O) groups excluding carboxylic acids is 1.